The zero-order chi connectivity index (χ0) is 10.3. The van der Waals surface area contributed by atoms with Crippen LogP contribution in [0.1, 0.15) is 33.6 Å². The number of nitrogens with one attached hydrogen (secondary N) is 1. The molecule has 2 aliphatic rings. The zero-order valence-corrected chi connectivity index (χ0v) is 9.34. The van der Waals surface area contributed by atoms with Crippen LogP contribution in [0.2, 0.25) is 0 Å². The second-order valence-electron chi connectivity index (χ2n) is 5.51. The van der Waals surface area contributed by atoms with Crippen LogP contribution >= 0.6 is 0 Å². The molecule has 80 valence electrons. The lowest BCUT2D eigenvalue weighted by molar-refractivity contribution is -0.147. The van der Waals surface area contributed by atoms with Gasteiger partial charge in [-0.2, -0.15) is 0 Å². The van der Waals surface area contributed by atoms with Crippen LogP contribution in [0.5, 0.6) is 0 Å². The first-order valence-electron chi connectivity index (χ1n) is 5.53. The Labute approximate surface area is 85.8 Å². The first-order chi connectivity index (χ1) is 6.49. The van der Waals surface area contributed by atoms with Gasteiger partial charge in [0, 0.05) is 19.0 Å². The Morgan fingerprint density at radius 1 is 1.43 bits per heavy atom. The molecule has 0 aromatic rings. The predicted octanol–water partition coefficient (Wildman–Crippen LogP) is 1.20. The lowest BCUT2D eigenvalue weighted by Crippen LogP contribution is -2.62. The summed E-state index contributed by atoms with van der Waals surface area (Å²) in [5.41, 5.74) is 0.225. The average Bonchev–Trinajstić information content (AvgIpc) is 2.11. The molecule has 0 aromatic carbocycles. The Bertz CT molecular complexity index is 250. The maximum Gasteiger partial charge on any atom is 0.226 e. The standard InChI is InChI=1S/C11H20N2O/c1-8-4-5-9-12-6-11(2,3)7-13(9)10(8)14/h8-9,12H,4-7H2,1-3H3. The third-order valence-electron chi connectivity index (χ3n) is 3.37. The highest BCUT2D eigenvalue weighted by Gasteiger charge is 2.39. The molecule has 0 saturated carbocycles. The normalized spacial score (nSPS) is 36.8. The highest BCUT2D eigenvalue weighted by atomic mass is 16.2. The number of carbonyl (C=O) groups excluding carboxylic acids is 1. The van der Waals surface area contributed by atoms with E-state index >= 15 is 0 Å². The van der Waals surface area contributed by atoms with Crippen molar-refractivity contribution in [3.05, 3.63) is 0 Å². The molecule has 3 nitrogen and oxygen atoms in total. The number of amides is 1. The van der Waals surface area contributed by atoms with E-state index in [1.807, 2.05) is 11.8 Å². The van der Waals surface area contributed by atoms with Crippen LogP contribution in [0, 0.1) is 11.3 Å². The van der Waals surface area contributed by atoms with E-state index in [-0.39, 0.29) is 11.3 Å². The van der Waals surface area contributed by atoms with E-state index in [1.165, 1.54) is 0 Å². The minimum Gasteiger partial charge on any atom is -0.326 e. The fourth-order valence-electron chi connectivity index (χ4n) is 2.44. The average molecular weight is 196 g/mol. The zero-order valence-electron chi connectivity index (χ0n) is 9.34. The maximum atomic E-state index is 11.9. The Balaban J connectivity index is 2.13. The topological polar surface area (TPSA) is 32.3 Å². The molecule has 0 aliphatic carbocycles. The third kappa shape index (κ3) is 1.65. The minimum atomic E-state index is 0.224. The predicted molar refractivity (Wildman–Crippen MR) is 55.7 cm³/mol. The molecule has 2 rings (SSSR count). The van der Waals surface area contributed by atoms with Gasteiger partial charge in [-0.25, -0.2) is 0 Å². The van der Waals surface area contributed by atoms with E-state index in [0.29, 0.717) is 12.1 Å². The van der Waals surface area contributed by atoms with Gasteiger partial charge in [-0.15, -0.1) is 0 Å². The molecule has 2 heterocycles. The van der Waals surface area contributed by atoms with Gasteiger partial charge in [-0.05, 0) is 18.3 Å². The van der Waals surface area contributed by atoms with Crippen LogP contribution in [-0.2, 0) is 4.79 Å². The summed E-state index contributed by atoms with van der Waals surface area (Å²) < 4.78 is 0. The number of rotatable bonds is 0. The summed E-state index contributed by atoms with van der Waals surface area (Å²) >= 11 is 0. The molecular weight excluding hydrogens is 176 g/mol. The summed E-state index contributed by atoms with van der Waals surface area (Å²) in [6.07, 6.45) is 2.46. The first-order valence-corrected chi connectivity index (χ1v) is 5.53. The molecule has 0 bridgehead atoms. The molecule has 2 aliphatic heterocycles. The van der Waals surface area contributed by atoms with Crippen molar-refractivity contribution < 1.29 is 4.79 Å². The van der Waals surface area contributed by atoms with Crippen molar-refractivity contribution in [3.8, 4) is 0 Å². The molecule has 1 N–H and O–H groups in total. The van der Waals surface area contributed by atoms with Gasteiger partial charge in [0.1, 0.15) is 0 Å². The van der Waals surface area contributed by atoms with Gasteiger partial charge in [0.15, 0.2) is 0 Å². The van der Waals surface area contributed by atoms with Crippen molar-refractivity contribution in [1.29, 1.82) is 0 Å². The number of nitrogens with zero attached hydrogens (tertiary/aromatic N) is 1. The number of fused-ring (bicyclic) bond motifs is 1. The molecular formula is C11H20N2O. The van der Waals surface area contributed by atoms with E-state index in [2.05, 4.69) is 19.2 Å². The van der Waals surface area contributed by atoms with Gasteiger partial charge >= 0.3 is 0 Å². The summed E-state index contributed by atoms with van der Waals surface area (Å²) in [5.74, 6) is 0.559. The monoisotopic (exact) mass is 196 g/mol. The lowest BCUT2D eigenvalue weighted by Gasteiger charge is -2.48. The Hall–Kier alpha value is -0.570. The summed E-state index contributed by atoms with van der Waals surface area (Å²) in [7, 11) is 0. The van der Waals surface area contributed by atoms with Crippen LogP contribution in [-0.4, -0.2) is 30.1 Å². The largest absolute Gasteiger partial charge is 0.326 e. The van der Waals surface area contributed by atoms with E-state index in [9.17, 15) is 4.79 Å². The van der Waals surface area contributed by atoms with E-state index < -0.39 is 0 Å². The second-order valence-corrected chi connectivity index (χ2v) is 5.51. The Morgan fingerprint density at radius 3 is 2.86 bits per heavy atom. The molecule has 2 fully saturated rings. The number of piperidine rings is 1. The molecule has 14 heavy (non-hydrogen) atoms. The van der Waals surface area contributed by atoms with Gasteiger partial charge < -0.3 is 4.90 Å². The van der Waals surface area contributed by atoms with Crippen molar-refractivity contribution in [2.24, 2.45) is 11.3 Å². The molecule has 0 aromatic heterocycles. The first kappa shape index (κ1) is 9.97. The summed E-state index contributed by atoms with van der Waals surface area (Å²) in [4.78, 5) is 14.0. The Kier molecular flexibility index (Phi) is 2.30. The fraction of sp³-hybridized carbons (Fsp3) is 0.909. The molecule has 2 atom stereocenters. The second kappa shape index (κ2) is 3.23. The van der Waals surface area contributed by atoms with E-state index in [0.717, 1.165) is 25.9 Å². The van der Waals surface area contributed by atoms with Crippen molar-refractivity contribution >= 4 is 5.91 Å². The highest BCUT2D eigenvalue weighted by Crippen LogP contribution is 2.29. The van der Waals surface area contributed by atoms with Crippen molar-refractivity contribution in [2.75, 3.05) is 13.1 Å². The maximum absolute atomic E-state index is 11.9. The molecule has 0 radical (unpaired) electrons. The smallest absolute Gasteiger partial charge is 0.226 e. The highest BCUT2D eigenvalue weighted by molar-refractivity contribution is 5.79. The van der Waals surface area contributed by atoms with Crippen molar-refractivity contribution in [3.63, 3.8) is 0 Å². The minimum absolute atomic E-state index is 0.224. The van der Waals surface area contributed by atoms with Crippen LogP contribution in [0.3, 0.4) is 0 Å². The molecule has 2 unspecified atom stereocenters. The van der Waals surface area contributed by atoms with Crippen LogP contribution < -0.4 is 5.32 Å². The van der Waals surface area contributed by atoms with Gasteiger partial charge in [-0.1, -0.05) is 20.8 Å². The molecule has 2 saturated heterocycles. The van der Waals surface area contributed by atoms with Crippen molar-refractivity contribution in [2.45, 2.75) is 39.8 Å². The van der Waals surface area contributed by atoms with Gasteiger partial charge in [0.05, 0.1) is 6.17 Å². The van der Waals surface area contributed by atoms with Gasteiger partial charge in [-0.3, -0.25) is 10.1 Å². The Morgan fingerprint density at radius 2 is 2.14 bits per heavy atom. The SMILES string of the molecule is CC1CCC2NCC(C)(C)CN2C1=O. The summed E-state index contributed by atoms with van der Waals surface area (Å²) in [6.45, 7) is 8.40. The van der Waals surface area contributed by atoms with Crippen LogP contribution in [0.15, 0.2) is 0 Å². The number of carbonyl (C=O) groups is 1. The van der Waals surface area contributed by atoms with Crippen molar-refractivity contribution in [1.82, 2.24) is 10.2 Å². The quantitative estimate of drug-likeness (QED) is 0.631. The number of hydrogen-bond acceptors (Lipinski definition) is 2. The van der Waals surface area contributed by atoms with Crippen LogP contribution in [0.25, 0.3) is 0 Å². The lowest BCUT2D eigenvalue weighted by atomic mass is 9.86. The molecule has 0 spiro atoms. The molecule has 1 amide bonds. The summed E-state index contributed by atoms with van der Waals surface area (Å²) in [6, 6.07) is 0. The fourth-order valence-corrected chi connectivity index (χ4v) is 2.44. The van der Waals surface area contributed by atoms with E-state index in [1.54, 1.807) is 0 Å². The van der Waals surface area contributed by atoms with Gasteiger partial charge in [0.25, 0.3) is 0 Å². The van der Waals surface area contributed by atoms with Gasteiger partial charge in [0.2, 0.25) is 5.91 Å². The third-order valence-corrected chi connectivity index (χ3v) is 3.37. The van der Waals surface area contributed by atoms with E-state index in [4.69, 9.17) is 0 Å². The van der Waals surface area contributed by atoms with Crippen LogP contribution in [0.4, 0.5) is 0 Å². The number of hydrogen-bond donors (Lipinski definition) is 1. The summed E-state index contributed by atoms with van der Waals surface area (Å²) in [5, 5.41) is 3.47. The molecule has 3 heteroatoms.